The van der Waals surface area contributed by atoms with Crippen molar-refractivity contribution in [1.29, 1.82) is 0 Å². The Bertz CT molecular complexity index is 312. The number of nitrogens with zero attached hydrogens (tertiary/aromatic N) is 1. The molecule has 0 aliphatic rings. The van der Waals surface area contributed by atoms with Crippen LogP contribution < -0.4 is 0 Å². The second kappa shape index (κ2) is 11.9. The third-order valence-corrected chi connectivity index (χ3v) is 3.88. The number of aliphatic hydroxyl groups excluding tert-OH is 1. The Labute approximate surface area is 124 Å². The Kier molecular flexibility index (Phi) is 10.2. The summed E-state index contributed by atoms with van der Waals surface area (Å²) in [5.74, 6) is 0. The van der Waals surface area contributed by atoms with Gasteiger partial charge in [-0.1, -0.05) is 64.4 Å². The number of aromatic nitrogens is 1. The van der Waals surface area contributed by atoms with Gasteiger partial charge in [-0.05, 0) is 30.9 Å². The van der Waals surface area contributed by atoms with E-state index in [2.05, 4.69) is 18.0 Å². The van der Waals surface area contributed by atoms with E-state index in [4.69, 9.17) is 0 Å². The third-order valence-electron chi connectivity index (χ3n) is 3.88. The summed E-state index contributed by atoms with van der Waals surface area (Å²) in [5, 5.41) is 9.96. The van der Waals surface area contributed by atoms with Crippen LogP contribution in [0.15, 0.2) is 24.5 Å². The average molecular weight is 277 g/mol. The van der Waals surface area contributed by atoms with Crippen LogP contribution in [-0.2, 0) is 6.42 Å². The summed E-state index contributed by atoms with van der Waals surface area (Å²) in [6.45, 7) is 2.26. The van der Waals surface area contributed by atoms with Crippen LogP contribution in [0.5, 0.6) is 0 Å². The summed E-state index contributed by atoms with van der Waals surface area (Å²) < 4.78 is 0. The van der Waals surface area contributed by atoms with Crippen LogP contribution in [0.1, 0.15) is 76.7 Å². The number of rotatable bonds is 12. The Morgan fingerprint density at radius 2 is 1.70 bits per heavy atom. The number of aliphatic hydroxyl groups is 1. The van der Waals surface area contributed by atoms with Crippen LogP contribution in [0.4, 0.5) is 0 Å². The van der Waals surface area contributed by atoms with Crippen molar-refractivity contribution in [1.82, 2.24) is 4.98 Å². The number of hydrogen-bond acceptors (Lipinski definition) is 2. The van der Waals surface area contributed by atoms with Crippen LogP contribution in [0.25, 0.3) is 0 Å². The predicted molar refractivity (Wildman–Crippen MR) is 85.8 cm³/mol. The van der Waals surface area contributed by atoms with Crippen molar-refractivity contribution in [3.8, 4) is 0 Å². The molecule has 1 N–H and O–H groups in total. The molecule has 0 saturated carbocycles. The highest BCUT2D eigenvalue weighted by atomic mass is 16.3. The Morgan fingerprint density at radius 1 is 1.00 bits per heavy atom. The van der Waals surface area contributed by atoms with Crippen molar-refractivity contribution in [3.05, 3.63) is 30.1 Å². The molecule has 2 heteroatoms. The molecule has 1 rings (SSSR count). The van der Waals surface area contributed by atoms with Crippen LogP contribution in [0, 0.1) is 0 Å². The van der Waals surface area contributed by atoms with Gasteiger partial charge in [-0.3, -0.25) is 4.98 Å². The van der Waals surface area contributed by atoms with E-state index in [0.29, 0.717) is 0 Å². The molecule has 2 nitrogen and oxygen atoms in total. The molecule has 1 aromatic rings. The second-order valence-corrected chi connectivity index (χ2v) is 5.82. The van der Waals surface area contributed by atoms with Gasteiger partial charge in [0.25, 0.3) is 0 Å². The number of hydrogen-bond donors (Lipinski definition) is 1. The van der Waals surface area contributed by atoms with Gasteiger partial charge in [0.1, 0.15) is 0 Å². The molecule has 0 spiro atoms. The van der Waals surface area contributed by atoms with Crippen LogP contribution >= 0.6 is 0 Å². The van der Waals surface area contributed by atoms with Crippen molar-refractivity contribution in [2.75, 3.05) is 0 Å². The molecule has 0 bridgehead atoms. The second-order valence-electron chi connectivity index (χ2n) is 5.82. The lowest BCUT2D eigenvalue weighted by Crippen LogP contribution is -2.07. The lowest BCUT2D eigenvalue weighted by atomic mass is 10.0. The summed E-state index contributed by atoms with van der Waals surface area (Å²) in [5.41, 5.74) is 1.22. The van der Waals surface area contributed by atoms with Gasteiger partial charge < -0.3 is 5.11 Å². The Hall–Kier alpha value is -0.890. The standard InChI is InChI=1S/C18H31NO/c1-2-3-4-5-6-7-8-9-12-18(20)14-13-17-11-10-15-19-16-17/h10-11,15-16,18,20H,2-9,12-14H2,1H3. The fourth-order valence-electron chi connectivity index (χ4n) is 2.54. The maximum absolute atomic E-state index is 9.96. The predicted octanol–water partition coefficient (Wildman–Crippen LogP) is 4.91. The van der Waals surface area contributed by atoms with Gasteiger partial charge in [-0.15, -0.1) is 0 Å². The smallest absolute Gasteiger partial charge is 0.0543 e. The molecule has 1 unspecified atom stereocenters. The lowest BCUT2D eigenvalue weighted by Gasteiger charge is -2.10. The molecule has 0 saturated heterocycles. The molecule has 0 aliphatic carbocycles. The minimum Gasteiger partial charge on any atom is -0.393 e. The summed E-state index contributed by atoms with van der Waals surface area (Å²) in [7, 11) is 0. The Balaban J connectivity index is 1.91. The number of unbranched alkanes of at least 4 members (excludes halogenated alkanes) is 7. The van der Waals surface area contributed by atoms with Crippen molar-refractivity contribution >= 4 is 0 Å². The summed E-state index contributed by atoms with van der Waals surface area (Å²) in [6.07, 6.45) is 16.9. The molecule has 0 aliphatic heterocycles. The molecule has 1 atom stereocenters. The van der Waals surface area contributed by atoms with Gasteiger partial charge in [0, 0.05) is 12.4 Å². The quantitative estimate of drug-likeness (QED) is 0.551. The lowest BCUT2D eigenvalue weighted by molar-refractivity contribution is 0.151. The fourth-order valence-corrected chi connectivity index (χ4v) is 2.54. The number of aryl methyl sites for hydroxylation is 1. The first kappa shape index (κ1) is 17.2. The molecular weight excluding hydrogens is 246 g/mol. The monoisotopic (exact) mass is 277 g/mol. The highest BCUT2D eigenvalue weighted by Gasteiger charge is 2.04. The van der Waals surface area contributed by atoms with E-state index in [1.54, 1.807) is 6.20 Å². The first-order valence-electron chi connectivity index (χ1n) is 8.40. The van der Waals surface area contributed by atoms with Crippen LogP contribution in [0.2, 0.25) is 0 Å². The summed E-state index contributed by atoms with van der Waals surface area (Å²) >= 11 is 0. The molecule has 0 aromatic carbocycles. The normalized spacial score (nSPS) is 12.5. The van der Waals surface area contributed by atoms with E-state index >= 15 is 0 Å². The SMILES string of the molecule is CCCCCCCCCCC(O)CCc1cccnc1. The van der Waals surface area contributed by atoms with E-state index < -0.39 is 0 Å². The zero-order chi connectivity index (χ0) is 14.5. The molecule has 20 heavy (non-hydrogen) atoms. The number of pyridine rings is 1. The van der Waals surface area contributed by atoms with Crippen LogP contribution in [0.3, 0.4) is 0 Å². The molecule has 114 valence electrons. The van der Waals surface area contributed by atoms with Crippen LogP contribution in [-0.4, -0.2) is 16.2 Å². The van der Waals surface area contributed by atoms with E-state index in [1.807, 2.05) is 12.3 Å². The van der Waals surface area contributed by atoms with Gasteiger partial charge in [-0.2, -0.15) is 0 Å². The fraction of sp³-hybridized carbons (Fsp3) is 0.722. The largest absolute Gasteiger partial charge is 0.393 e. The average Bonchev–Trinajstić information content (AvgIpc) is 2.49. The first-order chi connectivity index (χ1) is 9.83. The first-order valence-corrected chi connectivity index (χ1v) is 8.40. The van der Waals surface area contributed by atoms with Crippen molar-refractivity contribution in [2.45, 2.75) is 83.7 Å². The van der Waals surface area contributed by atoms with E-state index in [9.17, 15) is 5.11 Å². The third kappa shape index (κ3) is 9.08. The van der Waals surface area contributed by atoms with Gasteiger partial charge in [0.2, 0.25) is 0 Å². The van der Waals surface area contributed by atoms with Crippen molar-refractivity contribution in [3.63, 3.8) is 0 Å². The van der Waals surface area contributed by atoms with Crippen molar-refractivity contribution in [2.24, 2.45) is 0 Å². The van der Waals surface area contributed by atoms with Gasteiger partial charge in [0.05, 0.1) is 6.10 Å². The molecule has 1 aromatic heterocycles. The summed E-state index contributed by atoms with van der Waals surface area (Å²) in [4.78, 5) is 4.10. The zero-order valence-electron chi connectivity index (χ0n) is 13.1. The van der Waals surface area contributed by atoms with E-state index in [1.165, 1.54) is 56.9 Å². The topological polar surface area (TPSA) is 33.1 Å². The molecule has 0 fully saturated rings. The van der Waals surface area contributed by atoms with Gasteiger partial charge in [0.15, 0.2) is 0 Å². The highest BCUT2D eigenvalue weighted by Crippen LogP contribution is 2.13. The zero-order valence-corrected chi connectivity index (χ0v) is 13.1. The molecule has 0 radical (unpaired) electrons. The molecular formula is C18H31NO. The molecule has 0 amide bonds. The molecule has 1 heterocycles. The van der Waals surface area contributed by atoms with E-state index in [-0.39, 0.29) is 6.10 Å². The van der Waals surface area contributed by atoms with Crippen molar-refractivity contribution < 1.29 is 5.11 Å². The van der Waals surface area contributed by atoms with E-state index in [0.717, 1.165) is 19.3 Å². The Morgan fingerprint density at radius 3 is 2.35 bits per heavy atom. The maximum Gasteiger partial charge on any atom is 0.0543 e. The minimum atomic E-state index is -0.143. The maximum atomic E-state index is 9.96. The van der Waals surface area contributed by atoms with Gasteiger partial charge >= 0.3 is 0 Å². The van der Waals surface area contributed by atoms with Gasteiger partial charge in [-0.25, -0.2) is 0 Å². The minimum absolute atomic E-state index is 0.143. The summed E-state index contributed by atoms with van der Waals surface area (Å²) in [6, 6.07) is 4.04. The highest BCUT2D eigenvalue weighted by molar-refractivity contribution is 5.08.